The molecule has 1 aromatic heterocycles. The van der Waals surface area contributed by atoms with Crippen LogP contribution in [0, 0.1) is 5.82 Å². The summed E-state index contributed by atoms with van der Waals surface area (Å²) in [5, 5.41) is 0.858. The van der Waals surface area contributed by atoms with Crippen molar-refractivity contribution in [3.63, 3.8) is 0 Å². The van der Waals surface area contributed by atoms with Crippen molar-refractivity contribution in [3.05, 3.63) is 35.8 Å². The topological polar surface area (TPSA) is 16.4 Å². The van der Waals surface area contributed by atoms with Gasteiger partial charge in [0.05, 0.1) is 6.54 Å². The minimum atomic E-state index is -0.271. The molecule has 2 heterocycles. The molecule has 0 bridgehead atoms. The second-order valence-electron chi connectivity index (χ2n) is 4.71. The number of benzene rings is 1. The predicted octanol–water partition coefficient (Wildman–Crippen LogP) is 3.56. The van der Waals surface area contributed by atoms with Crippen molar-refractivity contribution >= 4 is 11.0 Å². The molecular formula is C14H16FNO. The van der Waals surface area contributed by atoms with Crippen LogP contribution in [-0.4, -0.2) is 18.0 Å². The van der Waals surface area contributed by atoms with E-state index in [1.165, 1.54) is 25.3 Å². The number of furan rings is 1. The highest BCUT2D eigenvalue weighted by atomic mass is 19.1. The molecule has 0 radical (unpaired) electrons. The van der Waals surface area contributed by atoms with Gasteiger partial charge in [-0.2, -0.15) is 0 Å². The summed E-state index contributed by atoms with van der Waals surface area (Å²) in [5.74, 6) is 0.597. The summed E-state index contributed by atoms with van der Waals surface area (Å²) in [6.07, 6.45) is 3.84. The van der Waals surface area contributed by atoms with E-state index in [1.807, 2.05) is 12.1 Å². The fourth-order valence-corrected chi connectivity index (χ4v) is 2.50. The Morgan fingerprint density at radius 3 is 2.76 bits per heavy atom. The number of hydrogen-bond donors (Lipinski definition) is 0. The number of nitrogens with zero attached hydrogens (tertiary/aromatic N) is 1. The number of piperidine rings is 1. The molecule has 2 nitrogen and oxygen atoms in total. The first-order valence-electron chi connectivity index (χ1n) is 6.22. The summed E-state index contributed by atoms with van der Waals surface area (Å²) in [6.45, 7) is 3.05. The standard InChI is InChI=1S/C14H16FNO/c15-13-6-4-5-11-9-12(17-14(11)13)10-16-7-2-1-3-8-16/h4-6,9H,1-3,7-8,10H2. The Kier molecular flexibility index (Phi) is 2.85. The molecule has 1 aliphatic heterocycles. The predicted molar refractivity (Wildman–Crippen MR) is 65.3 cm³/mol. The first-order valence-corrected chi connectivity index (χ1v) is 6.22. The van der Waals surface area contributed by atoms with Crippen molar-refractivity contribution in [1.82, 2.24) is 4.90 Å². The molecule has 1 aromatic carbocycles. The largest absolute Gasteiger partial charge is 0.457 e. The molecule has 2 aromatic rings. The average Bonchev–Trinajstić information content (AvgIpc) is 2.74. The van der Waals surface area contributed by atoms with Gasteiger partial charge in [-0.05, 0) is 38.1 Å². The summed E-state index contributed by atoms with van der Waals surface area (Å²) in [5.41, 5.74) is 0.388. The van der Waals surface area contributed by atoms with Crippen LogP contribution in [0.4, 0.5) is 4.39 Å². The zero-order chi connectivity index (χ0) is 11.7. The third kappa shape index (κ3) is 2.20. The van der Waals surface area contributed by atoms with E-state index >= 15 is 0 Å². The Balaban J connectivity index is 1.83. The Labute approximate surface area is 100 Å². The Morgan fingerprint density at radius 1 is 1.18 bits per heavy atom. The summed E-state index contributed by atoms with van der Waals surface area (Å²) in [4.78, 5) is 2.37. The maximum absolute atomic E-state index is 13.5. The van der Waals surface area contributed by atoms with Gasteiger partial charge in [-0.25, -0.2) is 4.39 Å². The summed E-state index contributed by atoms with van der Waals surface area (Å²) >= 11 is 0. The Bertz CT molecular complexity index is 514. The molecule has 0 atom stereocenters. The smallest absolute Gasteiger partial charge is 0.169 e. The van der Waals surface area contributed by atoms with Crippen molar-refractivity contribution in [2.75, 3.05) is 13.1 Å². The number of fused-ring (bicyclic) bond motifs is 1. The lowest BCUT2D eigenvalue weighted by Gasteiger charge is -2.25. The van der Waals surface area contributed by atoms with Crippen molar-refractivity contribution in [1.29, 1.82) is 0 Å². The molecular weight excluding hydrogens is 217 g/mol. The third-order valence-electron chi connectivity index (χ3n) is 3.38. The third-order valence-corrected chi connectivity index (χ3v) is 3.38. The fraction of sp³-hybridized carbons (Fsp3) is 0.429. The molecule has 90 valence electrons. The lowest BCUT2D eigenvalue weighted by Crippen LogP contribution is -2.28. The molecule has 0 spiro atoms. The van der Waals surface area contributed by atoms with Crippen molar-refractivity contribution in [2.24, 2.45) is 0 Å². The van der Waals surface area contributed by atoms with E-state index in [1.54, 1.807) is 6.07 Å². The lowest BCUT2D eigenvalue weighted by atomic mass is 10.1. The van der Waals surface area contributed by atoms with Gasteiger partial charge in [0, 0.05) is 5.39 Å². The van der Waals surface area contributed by atoms with Crippen molar-refractivity contribution in [2.45, 2.75) is 25.8 Å². The van der Waals surface area contributed by atoms with Gasteiger partial charge in [0.2, 0.25) is 0 Å². The van der Waals surface area contributed by atoms with E-state index < -0.39 is 0 Å². The number of para-hydroxylation sites is 1. The van der Waals surface area contributed by atoms with Crippen LogP contribution in [0.1, 0.15) is 25.0 Å². The molecule has 0 aliphatic carbocycles. The van der Waals surface area contributed by atoms with E-state index in [0.717, 1.165) is 30.8 Å². The molecule has 0 amide bonds. The highest BCUT2D eigenvalue weighted by molar-refractivity contribution is 5.78. The van der Waals surface area contributed by atoms with Gasteiger partial charge in [0.25, 0.3) is 0 Å². The van der Waals surface area contributed by atoms with Gasteiger partial charge in [-0.1, -0.05) is 18.6 Å². The molecule has 0 saturated carbocycles. The zero-order valence-electron chi connectivity index (χ0n) is 9.79. The quantitative estimate of drug-likeness (QED) is 0.788. The zero-order valence-corrected chi connectivity index (χ0v) is 9.79. The maximum atomic E-state index is 13.5. The second kappa shape index (κ2) is 4.49. The fourth-order valence-electron chi connectivity index (χ4n) is 2.50. The van der Waals surface area contributed by atoms with Crippen LogP contribution in [0.5, 0.6) is 0 Å². The minimum absolute atomic E-state index is 0.271. The highest BCUT2D eigenvalue weighted by Gasteiger charge is 2.14. The number of likely N-dealkylation sites (tertiary alicyclic amines) is 1. The molecule has 1 saturated heterocycles. The normalized spacial score (nSPS) is 17.7. The Morgan fingerprint density at radius 2 is 2.00 bits per heavy atom. The van der Waals surface area contributed by atoms with E-state index in [-0.39, 0.29) is 5.82 Å². The van der Waals surface area contributed by atoms with Crippen LogP contribution in [0.25, 0.3) is 11.0 Å². The lowest BCUT2D eigenvalue weighted by molar-refractivity contribution is 0.206. The van der Waals surface area contributed by atoms with Gasteiger partial charge in [-0.3, -0.25) is 4.90 Å². The number of hydrogen-bond acceptors (Lipinski definition) is 2. The number of halogens is 1. The summed E-state index contributed by atoms with van der Waals surface area (Å²) in [6, 6.07) is 7.00. The molecule has 0 unspecified atom stereocenters. The van der Waals surface area contributed by atoms with Crippen LogP contribution in [0.3, 0.4) is 0 Å². The Hall–Kier alpha value is -1.35. The molecule has 3 heteroatoms. The van der Waals surface area contributed by atoms with Gasteiger partial charge >= 0.3 is 0 Å². The van der Waals surface area contributed by atoms with Crippen LogP contribution in [0.15, 0.2) is 28.7 Å². The van der Waals surface area contributed by atoms with Gasteiger partial charge in [-0.15, -0.1) is 0 Å². The first kappa shape index (κ1) is 10.8. The van der Waals surface area contributed by atoms with E-state index in [2.05, 4.69) is 4.90 Å². The summed E-state index contributed by atoms with van der Waals surface area (Å²) in [7, 11) is 0. The van der Waals surface area contributed by atoms with E-state index in [9.17, 15) is 4.39 Å². The monoisotopic (exact) mass is 233 g/mol. The van der Waals surface area contributed by atoms with E-state index in [0.29, 0.717) is 5.58 Å². The molecule has 1 fully saturated rings. The maximum Gasteiger partial charge on any atom is 0.169 e. The van der Waals surface area contributed by atoms with Crippen LogP contribution < -0.4 is 0 Å². The SMILES string of the molecule is Fc1cccc2cc(CN3CCCCC3)oc12. The minimum Gasteiger partial charge on any atom is -0.457 e. The molecule has 0 N–H and O–H groups in total. The van der Waals surface area contributed by atoms with Crippen molar-refractivity contribution < 1.29 is 8.81 Å². The van der Waals surface area contributed by atoms with Gasteiger partial charge in [0.1, 0.15) is 5.76 Å². The van der Waals surface area contributed by atoms with Gasteiger partial charge in [0.15, 0.2) is 11.4 Å². The molecule has 3 rings (SSSR count). The van der Waals surface area contributed by atoms with Crippen LogP contribution in [0.2, 0.25) is 0 Å². The highest BCUT2D eigenvalue weighted by Crippen LogP contribution is 2.23. The van der Waals surface area contributed by atoms with Crippen LogP contribution >= 0.6 is 0 Å². The second-order valence-corrected chi connectivity index (χ2v) is 4.71. The van der Waals surface area contributed by atoms with E-state index in [4.69, 9.17) is 4.42 Å². The van der Waals surface area contributed by atoms with Crippen LogP contribution in [-0.2, 0) is 6.54 Å². The van der Waals surface area contributed by atoms with Crippen molar-refractivity contribution in [3.8, 4) is 0 Å². The van der Waals surface area contributed by atoms with Gasteiger partial charge < -0.3 is 4.42 Å². The average molecular weight is 233 g/mol. The first-order chi connectivity index (χ1) is 8.33. The number of rotatable bonds is 2. The molecule has 17 heavy (non-hydrogen) atoms. The summed E-state index contributed by atoms with van der Waals surface area (Å²) < 4.78 is 19.1. The molecule has 1 aliphatic rings.